The van der Waals surface area contributed by atoms with Crippen LogP contribution in [0.25, 0.3) is 0 Å². The summed E-state index contributed by atoms with van der Waals surface area (Å²) < 4.78 is 18.9. The predicted molar refractivity (Wildman–Crippen MR) is 71.3 cm³/mol. The van der Waals surface area contributed by atoms with E-state index in [0.717, 1.165) is 5.76 Å². The molecular formula is C15H15FN2O. The van der Waals surface area contributed by atoms with Gasteiger partial charge in [-0.15, -0.1) is 0 Å². The smallest absolute Gasteiger partial charge is 0.129 e. The Morgan fingerprint density at radius 1 is 1.47 bits per heavy atom. The lowest BCUT2D eigenvalue weighted by molar-refractivity contribution is 0.497. The van der Waals surface area contributed by atoms with Crippen molar-refractivity contribution in [2.24, 2.45) is 0 Å². The first-order valence-electron chi connectivity index (χ1n) is 6.09. The van der Waals surface area contributed by atoms with Crippen molar-refractivity contribution >= 4 is 5.69 Å². The van der Waals surface area contributed by atoms with E-state index in [1.54, 1.807) is 19.3 Å². The SMILES string of the molecule is Cc1c(F)cc(C#N)cc1NC(C)Cc1ccco1. The predicted octanol–water partition coefficient (Wildman–Crippen LogP) is 3.64. The van der Waals surface area contributed by atoms with Gasteiger partial charge in [0.2, 0.25) is 0 Å². The normalized spacial score (nSPS) is 11.9. The van der Waals surface area contributed by atoms with Crippen LogP contribution in [0.4, 0.5) is 10.1 Å². The molecule has 1 atom stereocenters. The molecule has 0 aliphatic heterocycles. The zero-order chi connectivity index (χ0) is 13.8. The molecule has 1 heterocycles. The summed E-state index contributed by atoms with van der Waals surface area (Å²) >= 11 is 0. The third kappa shape index (κ3) is 3.14. The van der Waals surface area contributed by atoms with E-state index < -0.39 is 0 Å². The minimum atomic E-state index is -0.369. The number of halogens is 1. The van der Waals surface area contributed by atoms with Gasteiger partial charge in [-0.3, -0.25) is 0 Å². The van der Waals surface area contributed by atoms with Crippen molar-refractivity contribution in [2.45, 2.75) is 26.3 Å². The summed E-state index contributed by atoms with van der Waals surface area (Å²) in [6.07, 6.45) is 2.33. The van der Waals surface area contributed by atoms with Gasteiger partial charge in [0, 0.05) is 23.7 Å². The van der Waals surface area contributed by atoms with Gasteiger partial charge in [-0.1, -0.05) is 0 Å². The Morgan fingerprint density at radius 2 is 2.26 bits per heavy atom. The molecule has 1 aromatic heterocycles. The summed E-state index contributed by atoms with van der Waals surface area (Å²) in [5.74, 6) is 0.501. The van der Waals surface area contributed by atoms with Crippen molar-refractivity contribution < 1.29 is 8.81 Å². The fraction of sp³-hybridized carbons (Fsp3) is 0.267. The second-order valence-electron chi connectivity index (χ2n) is 4.57. The number of benzene rings is 1. The molecule has 0 aliphatic rings. The average Bonchev–Trinajstić information content (AvgIpc) is 2.87. The summed E-state index contributed by atoms with van der Waals surface area (Å²) in [6, 6.07) is 8.69. The van der Waals surface area contributed by atoms with E-state index >= 15 is 0 Å². The second-order valence-corrected chi connectivity index (χ2v) is 4.57. The fourth-order valence-corrected chi connectivity index (χ4v) is 1.94. The lowest BCUT2D eigenvalue weighted by Gasteiger charge is -2.16. The molecule has 2 rings (SSSR count). The Bertz CT molecular complexity index is 599. The molecule has 0 amide bonds. The van der Waals surface area contributed by atoms with E-state index in [1.807, 2.05) is 25.1 Å². The van der Waals surface area contributed by atoms with Crippen LogP contribution >= 0.6 is 0 Å². The first-order valence-corrected chi connectivity index (χ1v) is 6.09. The van der Waals surface area contributed by atoms with E-state index in [-0.39, 0.29) is 11.9 Å². The van der Waals surface area contributed by atoms with Crippen molar-refractivity contribution in [3.05, 3.63) is 53.2 Å². The number of furan rings is 1. The van der Waals surface area contributed by atoms with Crippen LogP contribution in [0.2, 0.25) is 0 Å². The molecule has 3 nitrogen and oxygen atoms in total. The zero-order valence-electron chi connectivity index (χ0n) is 10.9. The Hall–Kier alpha value is -2.28. The van der Waals surface area contributed by atoms with Crippen LogP contribution in [-0.4, -0.2) is 6.04 Å². The van der Waals surface area contributed by atoms with Crippen LogP contribution in [0.5, 0.6) is 0 Å². The molecule has 0 radical (unpaired) electrons. The first-order chi connectivity index (χ1) is 9.10. The maximum atomic E-state index is 13.6. The molecule has 0 spiro atoms. The number of hydrogen-bond acceptors (Lipinski definition) is 3. The van der Waals surface area contributed by atoms with Crippen molar-refractivity contribution in [1.82, 2.24) is 0 Å². The fourth-order valence-electron chi connectivity index (χ4n) is 1.94. The zero-order valence-corrected chi connectivity index (χ0v) is 10.9. The van der Waals surface area contributed by atoms with Gasteiger partial charge in [0.15, 0.2) is 0 Å². The molecule has 0 aliphatic carbocycles. The molecule has 1 N–H and O–H groups in total. The van der Waals surface area contributed by atoms with Crippen LogP contribution < -0.4 is 5.32 Å². The molecule has 0 bridgehead atoms. The Balaban J connectivity index is 2.14. The summed E-state index contributed by atoms with van der Waals surface area (Å²) in [4.78, 5) is 0. The van der Waals surface area contributed by atoms with Gasteiger partial charge in [-0.05, 0) is 38.1 Å². The van der Waals surface area contributed by atoms with Crippen molar-refractivity contribution in [3.8, 4) is 6.07 Å². The van der Waals surface area contributed by atoms with Gasteiger partial charge >= 0.3 is 0 Å². The van der Waals surface area contributed by atoms with Crippen molar-refractivity contribution in [3.63, 3.8) is 0 Å². The summed E-state index contributed by atoms with van der Waals surface area (Å²) in [7, 11) is 0. The van der Waals surface area contributed by atoms with Gasteiger partial charge in [0.05, 0.1) is 17.9 Å². The first kappa shape index (κ1) is 13.2. The maximum Gasteiger partial charge on any atom is 0.129 e. The van der Waals surface area contributed by atoms with Crippen LogP contribution in [0, 0.1) is 24.1 Å². The van der Waals surface area contributed by atoms with Crippen LogP contribution in [-0.2, 0) is 6.42 Å². The van der Waals surface area contributed by atoms with Crippen LogP contribution in [0.3, 0.4) is 0 Å². The van der Waals surface area contributed by atoms with Gasteiger partial charge in [-0.2, -0.15) is 5.26 Å². The molecule has 1 unspecified atom stereocenters. The van der Waals surface area contributed by atoms with Gasteiger partial charge in [0.1, 0.15) is 11.6 Å². The Kier molecular flexibility index (Phi) is 3.86. The molecule has 1 aromatic carbocycles. The number of nitrogens with zero attached hydrogens (tertiary/aromatic N) is 1. The maximum absolute atomic E-state index is 13.6. The van der Waals surface area contributed by atoms with E-state index in [4.69, 9.17) is 9.68 Å². The van der Waals surface area contributed by atoms with Crippen LogP contribution in [0.1, 0.15) is 23.8 Å². The van der Waals surface area contributed by atoms with E-state index in [1.165, 1.54) is 6.07 Å². The monoisotopic (exact) mass is 258 g/mol. The minimum Gasteiger partial charge on any atom is -0.469 e. The van der Waals surface area contributed by atoms with Crippen LogP contribution in [0.15, 0.2) is 34.9 Å². The molecule has 4 heteroatoms. The third-order valence-corrected chi connectivity index (χ3v) is 2.96. The largest absolute Gasteiger partial charge is 0.469 e. The summed E-state index contributed by atoms with van der Waals surface area (Å²) in [5.41, 5.74) is 1.48. The lowest BCUT2D eigenvalue weighted by Crippen LogP contribution is -2.18. The molecule has 19 heavy (non-hydrogen) atoms. The van der Waals surface area contributed by atoms with Gasteiger partial charge in [0.25, 0.3) is 0 Å². The van der Waals surface area contributed by atoms with Gasteiger partial charge in [-0.25, -0.2) is 4.39 Å². The highest BCUT2D eigenvalue weighted by Crippen LogP contribution is 2.21. The molecule has 2 aromatic rings. The molecule has 0 saturated carbocycles. The lowest BCUT2D eigenvalue weighted by atomic mass is 10.1. The average molecular weight is 258 g/mol. The number of hydrogen-bond donors (Lipinski definition) is 1. The number of rotatable bonds is 4. The van der Waals surface area contributed by atoms with Crippen molar-refractivity contribution in [1.29, 1.82) is 5.26 Å². The molecule has 0 fully saturated rings. The standard InChI is InChI=1S/C15H15FN2O/c1-10(6-13-4-3-5-19-13)18-15-8-12(9-17)7-14(16)11(15)2/h3-5,7-8,10,18H,6H2,1-2H3. The van der Waals surface area contributed by atoms with Gasteiger partial charge < -0.3 is 9.73 Å². The highest BCUT2D eigenvalue weighted by Gasteiger charge is 2.11. The summed E-state index contributed by atoms with van der Waals surface area (Å²) in [6.45, 7) is 3.68. The molecular weight excluding hydrogens is 243 g/mol. The number of nitrogens with one attached hydrogen (secondary N) is 1. The second kappa shape index (κ2) is 5.57. The highest BCUT2D eigenvalue weighted by atomic mass is 19.1. The Morgan fingerprint density at radius 3 is 2.89 bits per heavy atom. The summed E-state index contributed by atoms with van der Waals surface area (Å²) in [5, 5.41) is 12.1. The number of nitriles is 1. The third-order valence-electron chi connectivity index (χ3n) is 2.96. The topological polar surface area (TPSA) is 49.0 Å². The molecule has 0 saturated heterocycles. The van der Waals surface area contributed by atoms with E-state index in [0.29, 0.717) is 23.2 Å². The Labute approximate surface area is 111 Å². The highest BCUT2D eigenvalue weighted by molar-refractivity contribution is 5.56. The van der Waals surface area contributed by atoms with E-state index in [9.17, 15) is 4.39 Å². The minimum absolute atomic E-state index is 0.0817. The van der Waals surface area contributed by atoms with Crippen molar-refractivity contribution in [2.75, 3.05) is 5.32 Å². The molecule has 98 valence electrons. The van der Waals surface area contributed by atoms with E-state index in [2.05, 4.69) is 5.32 Å². The quantitative estimate of drug-likeness (QED) is 0.910. The number of anilines is 1.